The van der Waals surface area contributed by atoms with Crippen molar-refractivity contribution in [2.75, 3.05) is 0 Å². The van der Waals surface area contributed by atoms with Gasteiger partial charge in [-0.15, -0.1) is 0 Å². The number of rotatable bonds is 0. The second-order valence-corrected chi connectivity index (χ2v) is 0. The van der Waals surface area contributed by atoms with Crippen molar-refractivity contribution in [2.45, 2.75) is 0 Å². The monoisotopic (exact) mass is 525 g/mol. The van der Waals surface area contributed by atoms with E-state index in [1.54, 1.807) is 0 Å². The summed E-state index contributed by atoms with van der Waals surface area (Å²) in [5.41, 5.74) is 0. The summed E-state index contributed by atoms with van der Waals surface area (Å²) in [6, 6.07) is 0. The van der Waals surface area contributed by atoms with Crippen molar-refractivity contribution < 1.29 is 104 Å². The summed E-state index contributed by atoms with van der Waals surface area (Å²) in [4.78, 5) is 0. The number of hydrogen-bond donors (Lipinski definition) is 0. The largest absolute Gasteiger partial charge is 0.0149 e. The zero-order valence-corrected chi connectivity index (χ0v) is 15.5. The molecule has 0 rings (SSSR count). The van der Waals surface area contributed by atoms with Crippen LogP contribution in [0.1, 0.15) is 0 Å². The molecule has 0 atom stereocenters. The van der Waals surface area contributed by atoms with E-state index in [4.69, 9.17) is 0 Å². The van der Waals surface area contributed by atoms with Gasteiger partial charge < -0.3 is 0 Å². The molecule has 5 heavy (non-hydrogen) atoms. The average Bonchev–Trinajstić information content (AvgIpc) is 0. The molecule has 0 heterocycles. The van der Waals surface area contributed by atoms with Gasteiger partial charge in [-0.05, 0) is 11.0 Å². The summed E-state index contributed by atoms with van der Waals surface area (Å²) in [6.07, 6.45) is 0. The molecule has 1 radical (unpaired) electrons. The van der Waals surface area contributed by atoms with Crippen LogP contribution < -0.4 is 0 Å². The van der Waals surface area contributed by atoms with Crippen LogP contribution in [0.25, 0.3) is 0 Å². The molecule has 27 valence electrons. The summed E-state index contributed by atoms with van der Waals surface area (Å²) in [5.74, 6) is 0. The standard InChI is InChI=1S/Ce.La.Sb.H4Si.Zr.3H/h;;;1H4;;;;. The van der Waals surface area contributed by atoms with E-state index in [0.717, 1.165) is 0 Å². The molecule has 0 aliphatic heterocycles. The van der Waals surface area contributed by atoms with Crippen LogP contribution >= 0.6 is 0 Å². The van der Waals surface area contributed by atoms with Crippen molar-refractivity contribution in [1.82, 2.24) is 0 Å². The van der Waals surface area contributed by atoms with Crippen molar-refractivity contribution in [3.8, 4) is 0 Å². The molecule has 0 spiro atoms. The maximum absolute atomic E-state index is 0. The van der Waals surface area contributed by atoms with Gasteiger partial charge in [-0.3, -0.25) is 0 Å². The predicted octanol–water partition coefficient (Wildman–Crippen LogP) is -2.64. The molecular formula is H7CeLaSbSiZr. The molecule has 5 heteroatoms. The third-order valence-corrected chi connectivity index (χ3v) is 0. The quantitative estimate of drug-likeness (QED) is 0.303. The van der Waals surface area contributed by atoms with Gasteiger partial charge >= 0.3 is 24.4 Å². The first-order valence-corrected chi connectivity index (χ1v) is 0. The van der Waals surface area contributed by atoms with E-state index >= 15 is 0 Å². The normalized spacial score (nSPS) is 0. The van der Waals surface area contributed by atoms with Gasteiger partial charge in [0, 0.05) is 104 Å². The smallest absolute Gasteiger partial charge is 0 e. The fraction of sp³-hybridized carbons (Fsp3) is 0. The van der Waals surface area contributed by atoms with Crippen molar-refractivity contribution in [2.24, 2.45) is 0 Å². The summed E-state index contributed by atoms with van der Waals surface area (Å²) in [5, 5.41) is 0. The zero-order chi connectivity index (χ0) is 0. The summed E-state index contributed by atoms with van der Waals surface area (Å²) in [6.45, 7) is 0. The van der Waals surface area contributed by atoms with Gasteiger partial charge in [0.1, 0.15) is 0 Å². The van der Waals surface area contributed by atoms with E-state index in [-0.39, 0.29) is 139 Å². The first-order valence-electron chi connectivity index (χ1n) is 0. The van der Waals surface area contributed by atoms with Gasteiger partial charge in [0.15, 0.2) is 0 Å². The van der Waals surface area contributed by atoms with Crippen molar-refractivity contribution >= 4 is 35.4 Å². The van der Waals surface area contributed by atoms with Crippen LogP contribution in [0, 0.1) is 77.3 Å². The molecule has 0 amide bonds. The molecule has 0 nitrogen and oxygen atoms in total. The van der Waals surface area contributed by atoms with Gasteiger partial charge in [-0.25, -0.2) is 0 Å². The zero-order valence-electron chi connectivity index (χ0n) is 2.28. The Kier molecular flexibility index (Phi) is 160. The maximum Gasteiger partial charge on any atom is 0 e. The van der Waals surface area contributed by atoms with Crippen molar-refractivity contribution in [3.63, 3.8) is 0 Å². The van der Waals surface area contributed by atoms with Crippen LogP contribution in [0.2, 0.25) is 0 Å². The molecule has 0 saturated carbocycles. The molecule has 0 fully saturated rings. The Balaban J connectivity index is 0. The van der Waals surface area contributed by atoms with Crippen LogP contribution in [0.5, 0.6) is 0 Å². The SMILES string of the molecule is [Ce].[La].[SbH3].[SiH4].[Zr]. The van der Waals surface area contributed by atoms with E-state index in [9.17, 15) is 0 Å². The van der Waals surface area contributed by atoms with Crippen LogP contribution in [-0.4, -0.2) is 35.4 Å². The third kappa shape index (κ3) is 17.7. The van der Waals surface area contributed by atoms with Crippen LogP contribution in [0.15, 0.2) is 0 Å². The second kappa shape index (κ2) is 23.6. The second-order valence-electron chi connectivity index (χ2n) is 0. The minimum atomic E-state index is 0. The Labute approximate surface area is 135 Å². The molecule has 0 N–H and O–H groups in total. The van der Waals surface area contributed by atoms with Crippen molar-refractivity contribution in [1.29, 1.82) is 0 Å². The van der Waals surface area contributed by atoms with Gasteiger partial charge in [-0.2, -0.15) is 0 Å². The molecule has 0 aliphatic carbocycles. The molecule has 0 bridgehead atoms. The third-order valence-electron chi connectivity index (χ3n) is 0. The average molecular weight is 527 g/mol. The van der Waals surface area contributed by atoms with E-state index in [0.29, 0.717) is 0 Å². The Morgan fingerprint density at radius 1 is 1.00 bits per heavy atom. The molecular weight excluding hydrogens is 520 g/mol. The predicted molar refractivity (Wildman–Crippen MR) is 21.3 cm³/mol. The van der Waals surface area contributed by atoms with Crippen LogP contribution in [0.4, 0.5) is 0 Å². The minimum Gasteiger partial charge on any atom is -0.0149 e. The van der Waals surface area contributed by atoms with E-state index < -0.39 is 0 Å². The Morgan fingerprint density at radius 2 is 1.00 bits per heavy atom. The van der Waals surface area contributed by atoms with Crippen LogP contribution in [-0.2, 0) is 26.2 Å². The van der Waals surface area contributed by atoms with E-state index in [1.165, 1.54) is 0 Å². The molecule has 0 aromatic carbocycles. The van der Waals surface area contributed by atoms with Crippen LogP contribution in [0.3, 0.4) is 0 Å². The van der Waals surface area contributed by atoms with E-state index in [2.05, 4.69) is 0 Å². The first-order chi connectivity index (χ1) is 0. The van der Waals surface area contributed by atoms with Crippen molar-refractivity contribution in [3.05, 3.63) is 0 Å². The Bertz CT molecular complexity index is 11.6. The minimum absolute atomic E-state index is 0. The Hall–Kier alpha value is 4.49. The van der Waals surface area contributed by atoms with Gasteiger partial charge in [-0.1, -0.05) is 0 Å². The fourth-order valence-corrected chi connectivity index (χ4v) is 0. The van der Waals surface area contributed by atoms with Gasteiger partial charge in [0.2, 0.25) is 0 Å². The molecule has 0 aromatic heterocycles. The number of hydrogen-bond acceptors (Lipinski definition) is 0. The summed E-state index contributed by atoms with van der Waals surface area (Å²) in [7, 11) is 0. The summed E-state index contributed by atoms with van der Waals surface area (Å²) >= 11 is 0. The topological polar surface area (TPSA) is 0 Å². The van der Waals surface area contributed by atoms with E-state index in [1.807, 2.05) is 0 Å². The fourth-order valence-electron chi connectivity index (χ4n) is 0. The molecule has 0 aliphatic rings. The summed E-state index contributed by atoms with van der Waals surface area (Å²) < 4.78 is 0. The maximum atomic E-state index is 0. The Morgan fingerprint density at radius 3 is 1.00 bits per heavy atom. The molecule has 0 unspecified atom stereocenters. The van der Waals surface area contributed by atoms with Gasteiger partial charge in [0.25, 0.3) is 0 Å². The first kappa shape index (κ1) is 33.9. The van der Waals surface area contributed by atoms with Gasteiger partial charge in [0.05, 0.1) is 0 Å². The molecule has 0 aromatic rings. The molecule has 0 saturated heterocycles.